The van der Waals surface area contributed by atoms with Gasteiger partial charge < -0.3 is 5.73 Å². The molecule has 1 heterocycles. The maximum Gasteiger partial charge on any atom is 0.171 e. The average Bonchev–Trinajstić information content (AvgIpc) is 2.50. The molecule has 1 aromatic rings. The first-order valence-corrected chi connectivity index (χ1v) is 8.13. The van der Waals surface area contributed by atoms with E-state index < -0.39 is 0 Å². The van der Waals surface area contributed by atoms with E-state index in [1.165, 1.54) is 10.4 Å². The van der Waals surface area contributed by atoms with E-state index in [1.807, 2.05) is 20.8 Å². The number of anilines is 1. The van der Waals surface area contributed by atoms with Crippen molar-refractivity contribution in [1.29, 1.82) is 0 Å². The molecule has 1 aliphatic rings. The van der Waals surface area contributed by atoms with Crippen LogP contribution in [-0.4, -0.2) is 5.78 Å². The van der Waals surface area contributed by atoms with Crippen molar-refractivity contribution in [3.8, 4) is 0 Å². The van der Waals surface area contributed by atoms with Crippen molar-refractivity contribution < 1.29 is 4.79 Å². The van der Waals surface area contributed by atoms with Gasteiger partial charge in [-0.15, -0.1) is 11.3 Å². The second-order valence-electron chi connectivity index (χ2n) is 8.63. The van der Waals surface area contributed by atoms with Crippen LogP contribution in [0, 0.1) is 10.8 Å². The number of thiophene rings is 1. The van der Waals surface area contributed by atoms with Gasteiger partial charge in [0.25, 0.3) is 0 Å². The number of hydrogen-bond acceptors (Lipinski definition) is 3. The molecule has 0 bridgehead atoms. The zero-order valence-electron chi connectivity index (χ0n) is 13.8. The maximum atomic E-state index is 12.8. The van der Waals surface area contributed by atoms with Crippen LogP contribution in [0.15, 0.2) is 0 Å². The number of hydrogen-bond donors (Lipinski definition) is 1. The number of nitrogens with two attached hydrogens (primary N) is 1. The fourth-order valence-electron chi connectivity index (χ4n) is 3.64. The van der Waals surface area contributed by atoms with Gasteiger partial charge in [-0.05, 0) is 29.2 Å². The van der Waals surface area contributed by atoms with Crippen LogP contribution in [0.4, 0.5) is 5.00 Å². The van der Waals surface area contributed by atoms with Crippen molar-refractivity contribution in [2.24, 2.45) is 10.8 Å². The lowest BCUT2D eigenvalue weighted by atomic mass is 9.64. The summed E-state index contributed by atoms with van der Waals surface area (Å²) in [5, 5.41) is 0.709. The van der Waals surface area contributed by atoms with Crippen molar-refractivity contribution in [3.63, 3.8) is 0 Å². The van der Waals surface area contributed by atoms with Gasteiger partial charge in [0, 0.05) is 10.3 Å². The Bertz CT molecular complexity index is 558. The molecule has 20 heavy (non-hydrogen) atoms. The molecule has 2 nitrogen and oxygen atoms in total. The molecule has 0 unspecified atom stereocenters. The fourth-order valence-corrected chi connectivity index (χ4v) is 4.83. The van der Waals surface area contributed by atoms with E-state index in [2.05, 4.69) is 27.7 Å². The molecule has 1 aliphatic carbocycles. The molecule has 3 heteroatoms. The highest BCUT2D eigenvalue weighted by molar-refractivity contribution is 7.16. The highest BCUT2D eigenvalue weighted by Crippen LogP contribution is 2.52. The number of nitrogen functional groups attached to an aromatic ring is 1. The van der Waals surface area contributed by atoms with E-state index >= 15 is 0 Å². The SMILES string of the molecule is CC1(C)Cc2c(sc(N)c2C(=O)C(C)(C)C)C(C)(C)C1. The third kappa shape index (κ3) is 2.52. The topological polar surface area (TPSA) is 43.1 Å². The molecule has 0 aromatic carbocycles. The lowest BCUT2D eigenvalue weighted by molar-refractivity contribution is 0.0857. The number of carbonyl (C=O) groups is 1. The van der Waals surface area contributed by atoms with Crippen LogP contribution < -0.4 is 5.73 Å². The zero-order chi connectivity index (χ0) is 15.5. The Morgan fingerprint density at radius 3 is 2.25 bits per heavy atom. The summed E-state index contributed by atoms with van der Waals surface area (Å²) in [7, 11) is 0. The lowest BCUT2D eigenvalue weighted by Gasteiger charge is -2.40. The fraction of sp³-hybridized carbons (Fsp3) is 0.706. The first-order valence-electron chi connectivity index (χ1n) is 7.32. The van der Waals surface area contributed by atoms with Gasteiger partial charge in [0.1, 0.15) is 0 Å². The summed E-state index contributed by atoms with van der Waals surface area (Å²) in [6.45, 7) is 15.0. The molecule has 0 amide bonds. The molecule has 0 aliphatic heterocycles. The normalized spacial score (nSPS) is 20.6. The third-order valence-electron chi connectivity index (χ3n) is 4.13. The summed E-state index contributed by atoms with van der Waals surface area (Å²) in [5.74, 6) is 0.181. The summed E-state index contributed by atoms with van der Waals surface area (Å²) in [5.41, 5.74) is 8.19. The minimum absolute atomic E-state index is 0.103. The van der Waals surface area contributed by atoms with Crippen LogP contribution in [0.1, 0.15) is 75.7 Å². The highest BCUT2D eigenvalue weighted by Gasteiger charge is 2.42. The summed E-state index contributed by atoms with van der Waals surface area (Å²) >= 11 is 1.63. The smallest absolute Gasteiger partial charge is 0.171 e. The Balaban J connectivity index is 2.65. The first-order chi connectivity index (χ1) is 8.85. The zero-order valence-corrected chi connectivity index (χ0v) is 14.6. The van der Waals surface area contributed by atoms with Crippen LogP contribution in [0.2, 0.25) is 0 Å². The van der Waals surface area contributed by atoms with Crippen molar-refractivity contribution >= 4 is 22.1 Å². The van der Waals surface area contributed by atoms with E-state index in [0.717, 1.165) is 18.4 Å². The molecule has 2 N–H and O–H groups in total. The van der Waals surface area contributed by atoms with Crippen molar-refractivity contribution in [2.45, 2.75) is 66.7 Å². The van der Waals surface area contributed by atoms with Crippen molar-refractivity contribution in [2.75, 3.05) is 5.73 Å². The van der Waals surface area contributed by atoms with E-state index in [-0.39, 0.29) is 22.0 Å². The lowest BCUT2D eigenvalue weighted by Crippen LogP contribution is -2.34. The second-order valence-corrected chi connectivity index (χ2v) is 9.68. The number of Topliss-reactive ketones (excluding diaryl/α,β-unsaturated/α-hetero) is 1. The molecule has 0 radical (unpaired) electrons. The molecule has 1 aromatic heterocycles. The quantitative estimate of drug-likeness (QED) is 0.755. The predicted octanol–water partition coefficient (Wildman–Crippen LogP) is 4.81. The van der Waals surface area contributed by atoms with E-state index in [0.29, 0.717) is 5.00 Å². The Hall–Kier alpha value is -0.830. The molecule has 0 saturated carbocycles. The first kappa shape index (κ1) is 15.6. The van der Waals surface area contributed by atoms with Gasteiger partial charge >= 0.3 is 0 Å². The number of ketones is 1. The molecule has 0 fully saturated rings. The highest BCUT2D eigenvalue weighted by atomic mass is 32.1. The maximum absolute atomic E-state index is 12.8. The number of fused-ring (bicyclic) bond motifs is 1. The minimum Gasteiger partial charge on any atom is -0.390 e. The molecule has 2 rings (SSSR count). The minimum atomic E-state index is -0.380. The Labute approximate surface area is 126 Å². The van der Waals surface area contributed by atoms with Crippen molar-refractivity contribution in [1.82, 2.24) is 0 Å². The second kappa shape index (κ2) is 4.33. The summed E-state index contributed by atoms with van der Waals surface area (Å²) < 4.78 is 0. The third-order valence-corrected chi connectivity index (χ3v) is 5.56. The van der Waals surface area contributed by atoms with Crippen LogP contribution in [-0.2, 0) is 11.8 Å². The van der Waals surface area contributed by atoms with Crippen LogP contribution in [0.3, 0.4) is 0 Å². The number of carbonyl (C=O) groups excluding carboxylic acids is 1. The largest absolute Gasteiger partial charge is 0.390 e. The molecule has 0 spiro atoms. The molecule has 112 valence electrons. The van der Waals surface area contributed by atoms with Gasteiger partial charge in [0.15, 0.2) is 5.78 Å². The number of rotatable bonds is 1. The molecule has 0 atom stereocenters. The Morgan fingerprint density at radius 1 is 1.20 bits per heavy atom. The average molecular weight is 293 g/mol. The van der Waals surface area contributed by atoms with E-state index in [9.17, 15) is 4.79 Å². The summed E-state index contributed by atoms with van der Waals surface area (Å²) in [6, 6.07) is 0. The van der Waals surface area contributed by atoms with Gasteiger partial charge in [0.2, 0.25) is 0 Å². The van der Waals surface area contributed by atoms with Gasteiger partial charge in [-0.25, -0.2) is 0 Å². The van der Waals surface area contributed by atoms with Gasteiger partial charge in [-0.3, -0.25) is 4.79 Å². The molecular weight excluding hydrogens is 266 g/mol. The Morgan fingerprint density at radius 2 is 1.75 bits per heavy atom. The van der Waals surface area contributed by atoms with Crippen LogP contribution >= 0.6 is 11.3 Å². The van der Waals surface area contributed by atoms with E-state index in [1.54, 1.807) is 11.3 Å². The molecule has 0 saturated heterocycles. The Kier molecular flexibility index (Phi) is 3.37. The van der Waals surface area contributed by atoms with Gasteiger partial charge in [0.05, 0.1) is 10.6 Å². The molecular formula is C17H27NOS. The van der Waals surface area contributed by atoms with Crippen LogP contribution in [0.5, 0.6) is 0 Å². The summed E-state index contributed by atoms with van der Waals surface area (Å²) in [6.07, 6.45) is 2.09. The van der Waals surface area contributed by atoms with Gasteiger partial charge in [-0.1, -0.05) is 48.5 Å². The van der Waals surface area contributed by atoms with Crippen molar-refractivity contribution in [3.05, 3.63) is 16.0 Å². The summed E-state index contributed by atoms with van der Waals surface area (Å²) in [4.78, 5) is 14.1. The monoisotopic (exact) mass is 293 g/mol. The predicted molar refractivity (Wildman–Crippen MR) is 87.6 cm³/mol. The van der Waals surface area contributed by atoms with Gasteiger partial charge in [-0.2, -0.15) is 0 Å². The standard InChI is InChI=1S/C17H27NOS/c1-15(2,3)12(19)11-10-8-16(4,5)9-17(6,7)13(10)20-14(11)18/h8-9,18H2,1-7H3. The van der Waals surface area contributed by atoms with Crippen LogP contribution in [0.25, 0.3) is 0 Å². The van der Waals surface area contributed by atoms with E-state index in [4.69, 9.17) is 5.73 Å².